The van der Waals surface area contributed by atoms with Gasteiger partial charge in [0.15, 0.2) is 0 Å². The molecule has 0 spiro atoms. The number of likely N-dealkylation sites (tertiary alicyclic amines) is 1. The van der Waals surface area contributed by atoms with Crippen LogP contribution in [0.5, 0.6) is 0 Å². The van der Waals surface area contributed by atoms with Crippen molar-refractivity contribution in [3.8, 4) is 0 Å². The van der Waals surface area contributed by atoms with Gasteiger partial charge < -0.3 is 10.2 Å². The number of hydrogen-bond acceptors (Lipinski definition) is 4. The Bertz CT molecular complexity index is 650. The van der Waals surface area contributed by atoms with E-state index in [1.165, 1.54) is 10.6 Å². The molecule has 0 aromatic carbocycles. The number of nitrogens with zero attached hydrogens (tertiary/aromatic N) is 4. The summed E-state index contributed by atoms with van der Waals surface area (Å²) in [6, 6.07) is 1.55. The summed E-state index contributed by atoms with van der Waals surface area (Å²) in [5, 5.41) is 7.16. The van der Waals surface area contributed by atoms with Gasteiger partial charge in [-0.3, -0.25) is 4.68 Å². The normalized spacial score (nSPS) is 22.6. The average molecular weight is 327 g/mol. The quantitative estimate of drug-likeness (QED) is 0.847. The van der Waals surface area contributed by atoms with Crippen LogP contribution in [0.4, 0.5) is 4.79 Å². The summed E-state index contributed by atoms with van der Waals surface area (Å²) in [5.74, 6) is 0. The number of sulfonamides is 1. The predicted octanol–water partition coefficient (Wildman–Crippen LogP) is 0.00480. The van der Waals surface area contributed by atoms with Gasteiger partial charge in [0.1, 0.15) is 0 Å². The van der Waals surface area contributed by atoms with Gasteiger partial charge in [-0.05, 0) is 18.9 Å². The minimum absolute atomic E-state index is 0.0808. The fourth-order valence-electron chi connectivity index (χ4n) is 2.99. The molecule has 0 radical (unpaired) electrons. The molecule has 3 heterocycles. The van der Waals surface area contributed by atoms with Gasteiger partial charge in [0.25, 0.3) is 0 Å². The van der Waals surface area contributed by atoms with Crippen LogP contribution in [0, 0.1) is 0 Å². The first kappa shape index (κ1) is 15.3. The Morgan fingerprint density at radius 2 is 2.14 bits per heavy atom. The van der Waals surface area contributed by atoms with Gasteiger partial charge in [-0.2, -0.15) is 9.40 Å². The molecular formula is C13H21N5O3S. The number of amides is 2. The van der Waals surface area contributed by atoms with E-state index in [-0.39, 0.29) is 12.1 Å². The minimum Gasteiger partial charge on any atom is -0.336 e. The first-order valence-electron chi connectivity index (χ1n) is 7.45. The maximum atomic E-state index is 12.1. The second-order valence-corrected chi connectivity index (χ2v) is 7.84. The Hall–Kier alpha value is -1.61. The summed E-state index contributed by atoms with van der Waals surface area (Å²) >= 11 is 0. The number of urea groups is 1. The zero-order valence-electron chi connectivity index (χ0n) is 12.6. The number of hydrogen-bond donors (Lipinski definition) is 1. The average Bonchev–Trinajstić information content (AvgIpc) is 3.13. The minimum atomic E-state index is -3.26. The maximum absolute atomic E-state index is 12.1. The molecule has 1 aromatic heterocycles. The van der Waals surface area contributed by atoms with E-state index in [1.54, 1.807) is 11.1 Å². The summed E-state index contributed by atoms with van der Waals surface area (Å²) in [4.78, 5) is 13.9. The van der Waals surface area contributed by atoms with Gasteiger partial charge in [0.2, 0.25) is 10.0 Å². The molecule has 1 fully saturated rings. The lowest BCUT2D eigenvalue weighted by Crippen LogP contribution is -2.47. The second kappa shape index (κ2) is 5.88. The van der Waals surface area contributed by atoms with Crippen LogP contribution in [0.25, 0.3) is 0 Å². The topological polar surface area (TPSA) is 87.5 Å². The molecule has 0 saturated carbocycles. The van der Waals surface area contributed by atoms with Gasteiger partial charge in [-0.1, -0.05) is 0 Å². The summed E-state index contributed by atoms with van der Waals surface area (Å²) in [7, 11) is -3.26. The van der Waals surface area contributed by atoms with Crippen molar-refractivity contribution in [2.75, 3.05) is 32.4 Å². The van der Waals surface area contributed by atoms with Crippen molar-refractivity contribution in [1.82, 2.24) is 24.3 Å². The highest BCUT2D eigenvalue weighted by atomic mass is 32.2. The fourth-order valence-corrected chi connectivity index (χ4v) is 3.80. The van der Waals surface area contributed by atoms with Gasteiger partial charge in [0, 0.05) is 32.4 Å². The number of nitrogens with one attached hydrogen (secondary N) is 1. The van der Waals surface area contributed by atoms with Crippen LogP contribution >= 0.6 is 0 Å². The van der Waals surface area contributed by atoms with Crippen LogP contribution in [0.1, 0.15) is 24.6 Å². The highest BCUT2D eigenvalue weighted by Crippen LogP contribution is 2.21. The molecule has 122 valence electrons. The van der Waals surface area contributed by atoms with Crippen molar-refractivity contribution in [3.63, 3.8) is 0 Å². The molecular weight excluding hydrogens is 306 g/mol. The van der Waals surface area contributed by atoms with Crippen molar-refractivity contribution in [3.05, 3.63) is 18.0 Å². The fraction of sp³-hybridized carbons (Fsp3) is 0.692. The van der Waals surface area contributed by atoms with Crippen molar-refractivity contribution in [2.24, 2.45) is 0 Å². The molecule has 1 N–H and O–H groups in total. The monoisotopic (exact) mass is 327 g/mol. The summed E-state index contributed by atoms with van der Waals surface area (Å²) in [5.41, 5.74) is 0.845. The Kier molecular flexibility index (Phi) is 4.09. The number of rotatable bonds is 3. The first-order chi connectivity index (χ1) is 10.4. The van der Waals surface area contributed by atoms with E-state index in [2.05, 4.69) is 10.4 Å². The standard InChI is InChI=1S/C13H21N5O3S/c1-22(20,21)17-9-11-4-5-15-18(11)12(10-17)8-14-13(19)16-6-2-3-7-16/h4-5,12H,2-3,6-10H2,1H3,(H,14,19). The van der Waals surface area contributed by atoms with E-state index in [9.17, 15) is 13.2 Å². The Morgan fingerprint density at radius 1 is 1.41 bits per heavy atom. The van der Waals surface area contributed by atoms with E-state index in [0.29, 0.717) is 19.6 Å². The highest BCUT2D eigenvalue weighted by molar-refractivity contribution is 7.88. The van der Waals surface area contributed by atoms with Gasteiger partial charge in [-0.25, -0.2) is 13.2 Å². The third kappa shape index (κ3) is 3.09. The third-order valence-electron chi connectivity index (χ3n) is 4.20. The van der Waals surface area contributed by atoms with E-state index < -0.39 is 10.0 Å². The zero-order chi connectivity index (χ0) is 15.7. The molecule has 0 aliphatic carbocycles. The van der Waals surface area contributed by atoms with E-state index in [4.69, 9.17) is 0 Å². The van der Waals surface area contributed by atoms with Crippen LogP contribution < -0.4 is 5.32 Å². The number of fused-ring (bicyclic) bond motifs is 1. The molecule has 1 saturated heterocycles. The summed E-state index contributed by atoms with van der Waals surface area (Å²) < 4.78 is 26.9. The predicted molar refractivity (Wildman–Crippen MR) is 80.7 cm³/mol. The largest absolute Gasteiger partial charge is 0.336 e. The van der Waals surface area contributed by atoms with Crippen LogP contribution in [0.15, 0.2) is 12.3 Å². The van der Waals surface area contributed by atoms with E-state index in [1.807, 2.05) is 10.7 Å². The molecule has 2 amide bonds. The van der Waals surface area contributed by atoms with Crippen LogP contribution in [0.3, 0.4) is 0 Å². The third-order valence-corrected chi connectivity index (χ3v) is 5.42. The Morgan fingerprint density at radius 3 is 2.82 bits per heavy atom. The Labute approximate surface area is 130 Å². The molecule has 0 bridgehead atoms. The first-order valence-corrected chi connectivity index (χ1v) is 9.30. The molecule has 2 aliphatic rings. The van der Waals surface area contributed by atoms with Gasteiger partial charge in [0.05, 0.1) is 24.5 Å². The van der Waals surface area contributed by atoms with E-state index >= 15 is 0 Å². The van der Waals surface area contributed by atoms with Crippen molar-refractivity contribution in [2.45, 2.75) is 25.4 Å². The number of carbonyl (C=O) groups excluding carboxylic acids is 1. The van der Waals surface area contributed by atoms with Crippen molar-refractivity contribution < 1.29 is 13.2 Å². The smallest absolute Gasteiger partial charge is 0.317 e. The van der Waals surface area contributed by atoms with Crippen molar-refractivity contribution in [1.29, 1.82) is 0 Å². The second-order valence-electron chi connectivity index (χ2n) is 5.86. The summed E-state index contributed by atoms with van der Waals surface area (Å²) in [6.45, 7) is 2.61. The molecule has 3 rings (SSSR count). The molecule has 1 aromatic rings. The summed E-state index contributed by atoms with van der Waals surface area (Å²) in [6.07, 6.45) is 4.96. The lowest BCUT2D eigenvalue weighted by Gasteiger charge is -2.32. The zero-order valence-corrected chi connectivity index (χ0v) is 13.4. The van der Waals surface area contributed by atoms with Crippen molar-refractivity contribution >= 4 is 16.1 Å². The lowest BCUT2D eigenvalue weighted by atomic mass is 10.2. The van der Waals surface area contributed by atoms with Crippen LogP contribution in [-0.2, 0) is 16.6 Å². The number of carbonyl (C=O) groups is 1. The molecule has 9 heteroatoms. The molecule has 1 atom stereocenters. The van der Waals surface area contributed by atoms with E-state index in [0.717, 1.165) is 31.6 Å². The lowest BCUT2D eigenvalue weighted by molar-refractivity contribution is 0.201. The molecule has 1 unspecified atom stereocenters. The molecule has 8 nitrogen and oxygen atoms in total. The number of aromatic nitrogens is 2. The van der Waals surface area contributed by atoms with Gasteiger partial charge >= 0.3 is 6.03 Å². The molecule has 22 heavy (non-hydrogen) atoms. The van der Waals surface area contributed by atoms with Gasteiger partial charge in [-0.15, -0.1) is 0 Å². The van der Waals surface area contributed by atoms with Crippen LogP contribution in [0.2, 0.25) is 0 Å². The SMILES string of the molecule is CS(=O)(=O)N1Cc2ccnn2C(CNC(=O)N2CCCC2)C1. The highest BCUT2D eigenvalue weighted by Gasteiger charge is 2.31. The molecule has 2 aliphatic heterocycles. The maximum Gasteiger partial charge on any atom is 0.317 e. The Balaban J connectivity index is 1.68. The van der Waals surface area contributed by atoms with Crippen LogP contribution in [-0.4, -0.2) is 65.9 Å².